The van der Waals surface area contributed by atoms with Crippen LogP contribution in [-0.2, 0) is 10.1 Å². The maximum atomic E-state index is 10.8. The van der Waals surface area contributed by atoms with Crippen molar-refractivity contribution in [2.24, 2.45) is 0 Å². The van der Waals surface area contributed by atoms with Crippen LogP contribution in [0.15, 0.2) is 59.5 Å². The Kier molecular flexibility index (Phi) is 3.50. The summed E-state index contributed by atoms with van der Waals surface area (Å²) in [5.74, 6) is 0. The van der Waals surface area contributed by atoms with E-state index < -0.39 is 10.1 Å². The molecule has 5 nitrogen and oxygen atoms in total. The molecule has 18 heavy (non-hydrogen) atoms. The van der Waals surface area contributed by atoms with E-state index in [1.54, 1.807) is 12.1 Å². The van der Waals surface area contributed by atoms with Crippen molar-refractivity contribution in [2.45, 2.75) is 4.90 Å². The SMILES string of the molecule is O=S(=O)(O)c1ccc(NNc2ccccc2)cc1. The van der Waals surface area contributed by atoms with Crippen LogP contribution in [0.2, 0.25) is 0 Å². The molecule has 0 saturated carbocycles. The van der Waals surface area contributed by atoms with E-state index in [1.165, 1.54) is 12.1 Å². The van der Waals surface area contributed by atoms with E-state index in [0.29, 0.717) is 5.69 Å². The molecular weight excluding hydrogens is 252 g/mol. The Morgan fingerprint density at radius 3 is 1.78 bits per heavy atom. The van der Waals surface area contributed by atoms with Gasteiger partial charge in [-0.05, 0) is 36.4 Å². The smallest absolute Gasteiger partial charge is 0.294 e. The van der Waals surface area contributed by atoms with E-state index in [2.05, 4.69) is 10.9 Å². The van der Waals surface area contributed by atoms with Crippen LogP contribution in [0.5, 0.6) is 0 Å². The van der Waals surface area contributed by atoms with Crippen LogP contribution in [0, 0.1) is 0 Å². The van der Waals surface area contributed by atoms with Gasteiger partial charge >= 0.3 is 0 Å². The summed E-state index contributed by atoms with van der Waals surface area (Å²) in [7, 11) is -4.13. The summed E-state index contributed by atoms with van der Waals surface area (Å²) in [5.41, 5.74) is 7.44. The molecule has 0 aliphatic heterocycles. The number of anilines is 2. The zero-order valence-corrected chi connectivity index (χ0v) is 10.2. The van der Waals surface area contributed by atoms with Gasteiger partial charge in [-0.2, -0.15) is 8.42 Å². The molecule has 2 rings (SSSR count). The highest BCUT2D eigenvalue weighted by Gasteiger charge is 2.07. The number of rotatable bonds is 4. The third-order valence-electron chi connectivity index (χ3n) is 2.28. The second-order valence-electron chi connectivity index (χ2n) is 3.62. The van der Waals surface area contributed by atoms with E-state index in [1.807, 2.05) is 30.3 Å². The number of benzene rings is 2. The Bertz CT molecular complexity index is 610. The minimum Gasteiger partial charge on any atom is -0.301 e. The first-order valence-corrected chi connectivity index (χ1v) is 6.64. The molecule has 94 valence electrons. The van der Waals surface area contributed by atoms with Crippen molar-refractivity contribution in [1.82, 2.24) is 0 Å². The lowest BCUT2D eigenvalue weighted by atomic mass is 10.3. The zero-order chi connectivity index (χ0) is 13.0. The van der Waals surface area contributed by atoms with Crippen LogP contribution in [0.3, 0.4) is 0 Å². The molecule has 0 radical (unpaired) electrons. The van der Waals surface area contributed by atoms with Gasteiger partial charge in [0.15, 0.2) is 0 Å². The average molecular weight is 264 g/mol. The normalized spacial score (nSPS) is 10.9. The van der Waals surface area contributed by atoms with Crippen molar-refractivity contribution in [3.05, 3.63) is 54.6 Å². The van der Waals surface area contributed by atoms with Crippen LogP contribution in [0.4, 0.5) is 11.4 Å². The van der Waals surface area contributed by atoms with E-state index in [0.717, 1.165) is 5.69 Å². The van der Waals surface area contributed by atoms with Gasteiger partial charge in [-0.25, -0.2) is 0 Å². The molecular formula is C12H12N2O3S. The number of hydrogen-bond acceptors (Lipinski definition) is 4. The molecule has 0 saturated heterocycles. The van der Waals surface area contributed by atoms with E-state index in [-0.39, 0.29) is 4.90 Å². The molecule has 3 N–H and O–H groups in total. The van der Waals surface area contributed by atoms with Crippen molar-refractivity contribution in [3.8, 4) is 0 Å². The van der Waals surface area contributed by atoms with Crippen molar-refractivity contribution in [2.75, 3.05) is 10.9 Å². The quantitative estimate of drug-likeness (QED) is 0.583. The zero-order valence-electron chi connectivity index (χ0n) is 9.37. The number of nitrogens with one attached hydrogen (secondary N) is 2. The van der Waals surface area contributed by atoms with Crippen LogP contribution in [-0.4, -0.2) is 13.0 Å². The van der Waals surface area contributed by atoms with Crippen molar-refractivity contribution in [1.29, 1.82) is 0 Å². The van der Waals surface area contributed by atoms with Crippen molar-refractivity contribution >= 4 is 21.5 Å². The summed E-state index contributed by atoms with van der Waals surface area (Å²) in [4.78, 5) is -0.132. The lowest BCUT2D eigenvalue weighted by molar-refractivity contribution is 0.483. The maximum Gasteiger partial charge on any atom is 0.294 e. The Balaban J connectivity index is 2.03. The van der Waals surface area contributed by atoms with Gasteiger partial charge < -0.3 is 10.9 Å². The maximum absolute atomic E-state index is 10.8. The van der Waals surface area contributed by atoms with Gasteiger partial charge in [-0.15, -0.1) is 0 Å². The molecule has 0 unspecified atom stereocenters. The average Bonchev–Trinajstić information content (AvgIpc) is 2.37. The van der Waals surface area contributed by atoms with E-state index in [9.17, 15) is 8.42 Å². The van der Waals surface area contributed by atoms with E-state index >= 15 is 0 Å². The largest absolute Gasteiger partial charge is 0.301 e. The Labute approximate surface area is 105 Å². The van der Waals surface area contributed by atoms with Crippen molar-refractivity contribution in [3.63, 3.8) is 0 Å². The number of hydrogen-bond donors (Lipinski definition) is 3. The Morgan fingerprint density at radius 1 is 0.778 bits per heavy atom. The molecule has 0 heterocycles. The van der Waals surface area contributed by atoms with Crippen LogP contribution < -0.4 is 10.9 Å². The number of para-hydroxylation sites is 1. The molecule has 0 fully saturated rings. The Hall–Kier alpha value is -2.05. The lowest BCUT2D eigenvalue weighted by Gasteiger charge is -2.09. The van der Waals surface area contributed by atoms with Gasteiger partial charge in [0.2, 0.25) is 0 Å². The van der Waals surface area contributed by atoms with Crippen LogP contribution in [0.25, 0.3) is 0 Å². The molecule has 0 amide bonds. The van der Waals surface area contributed by atoms with Gasteiger partial charge in [-0.1, -0.05) is 18.2 Å². The molecule has 2 aromatic rings. The topological polar surface area (TPSA) is 78.4 Å². The van der Waals surface area contributed by atoms with Gasteiger partial charge in [0.25, 0.3) is 10.1 Å². The van der Waals surface area contributed by atoms with Crippen LogP contribution >= 0.6 is 0 Å². The first-order valence-electron chi connectivity index (χ1n) is 5.20. The fourth-order valence-electron chi connectivity index (χ4n) is 1.38. The number of hydrazine groups is 1. The molecule has 0 aliphatic rings. The highest BCUT2D eigenvalue weighted by atomic mass is 32.2. The monoisotopic (exact) mass is 264 g/mol. The second kappa shape index (κ2) is 5.07. The Morgan fingerprint density at radius 2 is 1.28 bits per heavy atom. The highest BCUT2D eigenvalue weighted by molar-refractivity contribution is 7.85. The first kappa shape index (κ1) is 12.4. The van der Waals surface area contributed by atoms with Gasteiger partial charge in [0.05, 0.1) is 16.3 Å². The molecule has 0 spiro atoms. The highest BCUT2D eigenvalue weighted by Crippen LogP contribution is 2.14. The summed E-state index contributed by atoms with van der Waals surface area (Å²) < 4.78 is 30.5. The predicted molar refractivity (Wildman–Crippen MR) is 69.9 cm³/mol. The molecule has 0 aromatic heterocycles. The predicted octanol–water partition coefficient (Wildman–Crippen LogP) is 2.37. The lowest BCUT2D eigenvalue weighted by Crippen LogP contribution is -2.08. The van der Waals surface area contributed by atoms with Gasteiger partial charge in [0.1, 0.15) is 0 Å². The molecule has 2 aromatic carbocycles. The summed E-state index contributed by atoms with van der Waals surface area (Å²) in [6, 6.07) is 15.2. The first-order chi connectivity index (χ1) is 8.55. The summed E-state index contributed by atoms with van der Waals surface area (Å²) >= 11 is 0. The third kappa shape index (κ3) is 3.22. The summed E-state index contributed by atoms with van der Waals surface area (Å²) in [5, 5.41) is 0. The van der Waals surface area contributed by atoms with Gasteiger partial charge in [-0.3, -0.25) is 4.55 Å². The summed E-state index contributed by atoms with van der Waals surface area (Å²) in [6.07, 6.45) is 0. The third-order valence-corrected chi connectivity index (χ3v) is 3.15. The standard InChI is InChI=1S/C12H12N2O3S/c15-18(16,17)12-8-6-11(7-9-12)14-13-10-4-2-1-3-5-10/h1-9,13-14H,(H,15,16,17). The minimum absolute atomic E-state index is 0.132. The molecule has 0 aliphatic carbocycles. The molecule has 0 atom stereocenters. The molecule has 0 bridgehead atoms. The minimum atomic E-state index is -4.13. The van der Waals surface area contributed by atoms with Gasteiger partial charge in [0, 0.05) is 0 Å². The van der Waals surface area contributed by atoms with Crippen molar-refractivity contribution < 1.29 is 13.0 Å². The fourth-order valence-corrected chi connectivity index (χ4v) is 1.86. The van der Waals surface area contributed by atoms with Crippen LogP contribution in [0.1, 0.15) is 0 Å². The fraction of sp³-hybridized carbons (Fsp3) is 0. The summed E-state index contributed by atoms with van der Waals surface area (Å²) in [6.45, 7) is 0. The second-order valence-corrected chi connectivity index (χ2v) is 5.04. The molecule has 6 heteroatoms. The van der Waals surface area contributed by atoms with E-state index in [4.69, 9.17) is 4.55 Å².